The van der Waals surface area contributed by atoms with Gasteiger partial charge in [-0.3, -0.25) is 9.59 Å². The Labute approximate surface area is 475 Å². The van der Waals surface area contributed by atoms with Crippen molar-refractivity contribution in [3.63, 3.8) is 0 Å². The molecule has 0 saturated carbocycles. The quantitative estimate of drug-likeness (QED) is 0.0320. The normalized spacial score (nSPS) is 12.6. The molecule has 0 radical (unpaired) electrons. The number of hydrogen-bond donors (Lipinski definition) is 3. The molecule has 0 spiro atoms. The van der Waals surface area contributed by atoms with Crippen LogP contribution in [0.5, 0.6) is 0 Å². The van der Waals surface area contributed by atoms with E-state index in [9.17, 15) is 19.8 Å². The molecule has 0 saturated heterocycles. The van der Waals surface area contributed by atoms with Crippen LogP contribution in [0.15, 0.2) is 24.3 Å². The minimum atomic E-state index is -0.667. The molecule has 0 aromatic heterocycles. The van der Waals surface area contributed by atoms with Crippen LogP contribution in [0.1, 0.15) is 386 Å². The highest BCUT2D eigenvalue weighted by Gasteiger charge is 2.20. The molecule has 0 aliphatic rings. The van der Waals surface area contributed by atoms with Crippen molar-refractivity contribution in [1.29, 1.82) is 0 Å². The van der Waals surface area contributed by atoms with Crippen molar-refractivity contribution in [2.75, 3.05) is 13.2 Å². The summed E-state index contributed by atoms with van der Waals surface area (Å²) in [6.07, 6.45) is 82.1. The molecular formula is C70H135NO5. The van der Waals surface area contributed by atoms with Gasteiger partial charge in [0.05, 0.1) is 25.4 Å². The van der Waals surface area contributed by atoms with Gasteiger partial charge < -0.3 is 20.3 Å². The van der Waals surface area contributed by atoms with Crippen LogP contribution in [0.3, 0.4) is 0 Å². The first-order chi connectivity index (χ1) is 37.5. The third kappa shape index (κ3) is 61.6. The number of carbonyl (C=O) groups is 2. The Morgan fingerprint density at radius 1 is 0.368 bits per heavy atom. The average Bonchev–Trinajstić information content (AvgIpc) is 3.42. The van der Waals surface area contributed by atoms with Crippen LogP contribution in [0.25, 0.3) is 0 Å². The highest BCUT2D eigenvalue weighted by Crippen LogP contribution is 2.19. The topological polar surface area (TPSA) is 95.9 Å². The maximum absolute atomic E-state index is 12.5. The number of nitrogens with one attached hydrogen (secondary N) is 1. The smallest absolute Gasteiger partial charge is 0.305 e. The van der Waals surface area contributed by atoms with E-state index < -0.39 is 12.1 Å². The van der Waals surface area contributed by atoms with E-state index in [-0.39, 0.29) is 18.5 Å². The summed E-state index contributed by atoms with van der Waals surface area (Å²) >= 11 is 0. The van der Waals surface area contributed by atoms with Gasteiger partial charge >= 0.3 is 5.97 Å². The molecule has 76 heavy (non-hydrogen) atoms. The molecule has 6 heteroatoms. The van der Waals surface area contributed by atoms with E-state index >= 15 is 0 Å². The highest BCUT2D eigenvalue weighted by atomic mass is 16.5. The summed E-state index contributed by atoms with van der Waals surface area (Å²) < 4.78 is 5.49. The van der Waals surface area contributed by atoms with Gasteiger partial charge in [0, 0.05) is 12.8 Å². The molecule has 0 fully saturated rings. The lowest BCUT2D eigenvalue weighted by atomic mass is 10.0. The summed E-state index contributed by atoms with van der Waals surface area (Å²) in [6.45, 7) is 4.96. The number of esters is 1. The van der Waals surface area contributed by atoms with E-state index in [1.165, 1.54) is 302 Å². The minimum Gasteiger partial charge on any atom is -0.466 e. The van der Waals surface area contributed by atoms with Crippen LogP contribution in [0, 0.1) is 0 Å². The molecule has 0 aromatic carbocycles. The standard InChI is InChI=1S/C70H135NO5/c1-3-5-7-9-11-13-15-17-19-21-22-23-24-25-28-31-34-38-42-46-50-54-58-62-68(73)67(66-72)71-69(74)63-59-55-51-47-43-39-35-32-29-26-27-30-33-37-41-45-49-53-57-61-65-76-70(75)64-60-56-52-48-44-40-36-20-18-16-14-12-10-8-6-4-2/h14,16,20,36,67-68,72-73H,3-13,15,17-19,21-35,37-66H2,1-2H3,(H,71,74)/b16-14-,36-20-. The van der Waals surface area contributed by atoms with Gasteiger partial charge in [-0.1, -0.05) is 340 Å². The number of aliphatic hydroxyl groups excluding tert-OH is 2. The van der Waals surface area contributed by atoms with Crippen molar-refractivity contribution >= 4 is 11.9 Å². The summed E-state index contributed by atoms with van der Waals surface area (Å²) in [5.74, 6) is -0.0344. The van der Waals surface area contributed by atoms with Crippen molar-refractivity contribution in [2.24, 2.45) is 0 Å². The second kappa shape index (κ2) is 65.9. The van der Waals surface area contributed by atoms with Gasteiger partial charge in [-0.15, -0.1) is 0 Å². The van der Waals surface area contributed by atoms with Gasteiger partial charge in [-0.2, -0.15) is 0 Å². The molecule has 0 aliphatic heterocycles. The molecule has 0 heterocycles. The Balaban J connectivity index is 3.40. The lowest BCUT2D eigenvalue weighted by molar-refractivity contribution is -0.143. The Morgan fingerprint density at radius 2 is 0.658 bits per heavy atom. The summed E-state index contributed by atoms with van der Waals surface area (Å²) in [5, 5.41) is 23.4. The van der Waals surface area contributed by atoms with Crippen LogP contribution in [-0.4, -0.2) is 47.4 Å². The number of aliphatic hydroxyl groups is 2. The summed E-state index contributed by atoms with van der Waals surface area (Å²) in [4.78, 5) is 24.6. The maximum Gasteiger partial charge on any atom is 0.305 e. The van der Waals surface area contributed by atoms with Crippen LogP contribution >= 0.6 is 0 Å². The van der Waals surface area contributed by atoms with E-state index in [4.69, 9.17) is 4.74 Å². The Hall–Kier alpha value is -1.66. The highest BCUT2D eigenvalue weighted by molar-refractivity contribution is 5.76. The number of carbonyl (C=O) groups excluding carboxylic acids is 2. The largest absolute Gasteiger partial charge is 0.466 e. The molecule has 0 aromatic rings. The fourth-order valence-corrected chi connectivity index (χ4v) is 11.0. The number of allylic oxidation sites excluding steroid dienone is 4. The van der Waals surface area contributed by atoms with E-state index in [0.717, 1.165) is 51.4 Å². The van der Waals surface area contributed by atoms with Crippen molar-refractivity contribution in [3.05, 3.63) is 24.3 Å². The molecule has 3 N–H and O–H groups in total. The van der Waals surface area contributed by atoms with Gasteiger partial charge in [0.1, 0.15) is 0 Å². The molecule has 0 bridgehead atoms. The zero-order chi connectivity index (χ0) is 55.0. The third-order valence-electron chi connectivity index (χ3n) is 16.3. The van der Waals surface area contributed by atoms with Crippen molar-refractivity contribution in [2.45, 2.75) is 398 Å². The third-order valence-corrected chi connectivity index (χ3v) is 16.3. The summed E-state index contributed by atoms with van der Waals surface area (Å²) in [7, 11) is 0. The first kappa shape index (κ1) is 74.3. The number of ether oxygens (including phenoxy) is 1. The molecule has 2 unspecified atom stereocenters. The van der Waals surface area contributed by atoms with E-state index in [0.29, 0.717) is 25.9 Å². The number of rotatable bonds is 65. The molecule has 450 valence electrons. The first-order valence-corrected chi connectivity index (χ1v) is 34.6. The van der Waals surface area contributed by atoms with Crippen LogP contribution in [0.2, 0.25) is 0 Å². The minimum absolute atomic E-state index is 0.00180. The second-order valence-corrected chi connectivity index (χ2v) is 23.9. The SMILES string of the molecule is CCCCCC/C=C\C/C=C\CCCCCCCC(=O)OCCCCCCCCCCCCCCCCCCCCCCC(=O)NC(CO)C(O)CCCCCCCCCCCCCCCCCCCCCCCCC. The first-order valence-electron chi connectivity index (χ1n) is 34.6. The summed E-state index contributed by atoms with van der Waals surface area (Å²) in [6, 6.07) is -0.544. The van der Waals surface area contributed by atoms with Crippen molar-refractivity contribution < 1.29 is 24.5 Å². The van der Waals surface area contributed by atoms with Crippen LogP contribution < -0.4 is 5.32 Å². The second-order valence-electron chi connectivity index (χ2n) is 23.9. The van der Waals surface area contributed by atoms with Gasteiger partial charge in [0.2, 0.25) is 5.91 Å². The van der Waals surface area contributed by atoms with Crippen LogP contribution in [0.4, 0.5) is 0 Å². The van der Waals surface area contributed by atoms with Crippen molar-refractivity contribution in [3.8, 4) is 0 Å². The molecule has 2 atom stereocenters. The fourth-order valence-electron chi connectivity index (χ4n) is 11.0. The van der Waals surface area contributed by atoms with E-state index in [1.807, 2.05) is 0 Å². The number of amides is 1. The van der Waals surface area contributed by atoms with Gasteiger partial charge in [0.15, 0.2) is 0 Å². The zero-order valence-corrected chi connectivity index (χ0v) is 51.5. The molecule has 0 aliphatic carbocycles. The average molecular weight is 1070 g/mol. The summed E-state index contributed by atoms with van der Waals surface area (Å²) in [5.41, 5.74) is 0. The fraction of sp³-hybridized carbons (Fsp3) is 0.914. The lowest BCUT2D eigenvalue weighted by Crippen LogP contribution is -2.45. The number of hydrogen-bond acceptors (Lipinski definition) is 5. The Bertz CT molecular complexity index is 1190. The lowest BCUT2D eigenvalue weighted by Gasteiger charge is -2.22. The molecule has 1 amide bonds. The monoisotopic (exact) mass is 1070 g/mol. The van der Waals surface area contributed by atoms with Gasteiger partial charge in [-0.25, -0.2) is 0 Å². The molecule has 6 nitrogen and oxygen atoms in total. The van der Waals surface area contributed by atoms with E-state index in [2.05, 4.69) is 43.5 Å². The zero-order valence-electron chi connectivity index (χ0n) is 51.5. The predicted molar refractivity (Wildman–Crippen MR) is 333 cm³/mol. The maximum atomic E-state index is 12.5. The Morgan fingerprint density at radius 3 is 1.01 bits per heavy atom. The van der Waals surface area contributed by atoms with Crippen molar-refractivity contribution in [1.82, 2.24) is 5.32 Å². The molecular weight excluding hydrogens is 935 g/mol. The molecule has 0 rings (SSSR count). The predicted octanol–water partition coefficient (Wildman–Crippen LogP) is 22.1. The number of unbranched alkanes of at least 4 members (excludes halogenated alkanes) is 50. The van der Waals surface area contributed by atoms with Gasteiger partial charge in [-0.05, 0) is 57.8 Å². The van der Waals surface area contributed by atoms with Gasteiger partial charge in [0.25, 0.3) is 0 Å². The Kier molecular flexibility index (Phi) is 64.4. The van der Waals surface area contributed by atoms with E-state index in [1.54, 1.807) is 0 Å². The van der Waals surface area contributed by atoms with Crippen LogP contribution in [-0.2, 0) is 14.3 Å².